The van der Waals surface area contributed by atoms with Crippen LogP contribution in [0.1, 0.15) is 0 Å². The summed E-state index contributed by atoms with van der Waals surface area (Å²) >= 11 is 0. The smallest absolute Gasteiger partial charge is 0.287 e. The standard InChI is InChI=1S/C11H12F2N4O/c12-11(13,5-18)4-15-10-8-3-7(14)1-2-9(8)16-6-17-10/h1-3,6,18H,4-5,14H2,(H,15,16,17). The highest BCUT2D eigenvalue weighted by molar-refractivity contribution is 5.91. The minimum atomic E-state index is -3.20. The van der Waals surface area contributed by atoms with Crippen molar-refractivity contribution in [3.63, 3.8) is 0 Å². The molecule has 0 aliphatic heterocycles. The number of nitrogens with two attached hydrogens (primary N) is 1. The number of halogens is 2. The van der Waals surface area contributed by atoms with Crippen LogP contribution in [0, 0.1) is 0 Å². The van der Waals surface area contributed by atoms with Gasteiger partial charge in [-0.05, 0) is 18.2 Å². The lowest BCUT2D eigenvalue weighted by atomic mass is 10.2. The SMILES string of the molecule is Nc1ccc2ncnc(NCC(F)(F)CO)c2c1. The van der Waals surface area contributed by atoms with Gasteiger partial charge in [0, 0.05) is 11.1 Å². The summed E-state index contributed by atoms with van der Waals surface area (Å²) in [6.45, 7) is -1.92. The van der Waals surface area contributed by atoms with Gasteiger partial charge in [0.15, 0.2) is 0 Å². The van der Waals surface area contributed by atoms with Crippen LogP contribution in [0.3, 0.4) is 0 Å². The lowest BCUT2D eigenvalue weighted by Crippen LogP contribution is -2.31. The van der Waals surface area contributed by atoms with Crippen molar-refractivity contribution in [2.24, 2.45) is 0 Å². The molecule has 0 amide bonds. The Morgan fingerprint density at radius 3 is 2.83 bits per heavy atom. The predicted octanol–water partition coefficient (Wildman–Crippen LogP) is 1.25. The number of nitrogens with one attached hydrogen (secondary N) is 1. The van der Waals surface area contributed by atoms with E-state index in [4.69, 9.17) is 10.8 Å². The van der Waals surface area contributed by atoms with Gasteiger partial charge in [-0.2, -0.15) is 0 Å². The van der Waals surface area contributed by atoms with Gasteiger partial charge >= 0.3 is 0 Å². The fourth-order valence-corrected chi connectivity index (χ4v) is 1.48. The molecular weight excluding hydrogens is 242 g/mol. The van der Waals surface area contributed by atoms with Crippen LogP contribution in [0.4, 0.5) is 20.3 Å². The summed E-state index contributed by atoms with van der Waals surface area (Å²) in [4.78, 5) is 7.90. The summed E-state index contributed by atoms with van der Waals surface area (Å²) in [5.41, 5.74) is 6.73. The van der Waals surface area contributed by atoms with Gasteiger partial charge in [-0.1, -0.05) is 0 Å². The molecule has 2 aromatic rings. The van der Waals surface area contributed by atoms with Gasteiger partial charge < -0.3 is 16.2 Å². The zero-order valence-corrected chi connectivity index (χ0v) is 9.40. The first-order valence-electron chi connectivity index (χ1n) is 5.25. The van der Waals surface area contributed by atoms with Crippen LogP contribution in [0.25, 0.3) is 10.9 Å². The highest BCUT2D eigenvalue weighted by Gasteiger charge is 2.27. The number of benzene rings is 1. The van der Waals surface area contributed by atoms with Gasteiger partial charge in [0.25, 0.3) is 5.92 Å². The number of aliphatic hydroxyl groups excluding tert-OH is 1. The second kappa shape index (κ2) is 4.69. The molecule has 0 saturated heterocycles. The zero-order valence-electron chi connectivity index (χ0n) is 9.40. The molecule has 0 aliphatic carbocycles. The van der Waals surface area contributed by atoms with Gasteiger partial charge in [0.1, 0.15) is 18.8 Å². The summed E-state index contributed by atoms with van der Waals surface area (Å²) in [6.07, 6.45) is 1.28. The average molecular weight is 254 g/mol. The number of hydrogen-bond acceptors (Lipinski definition) is 5. The normalized spacial score (nSPS) is 11.7. The van der Waals surface area contributed by atoms with Crippen LogP contribution < -0.4 is 11.1 Å². The highest BCUT2D eigenvalue weighted by Crippen LogP contribution is 2.22. The summed E-state index contributed by atoms with van der Waals surface area (Å²) in [5, 5.41) is 11.5. The number of nitrogens with zero attached hydrogens (tertiary/aromatic N) is 2. The van der Waals surface area contributed by atoms with Gasteiger partial charge in [0.05, 0.1) is 12.1 Å². The van der Waals surface area contributed by atoms with E-state index in [9.17, 15) is 8.78 Å². The van der Waals surface area contributed by atoms with E-state index in [1.165, 1.54) is 6.33 Å². The molecule has 7 heteroatoms. The molecule has 0 radical (unpaired) electrons. The number of nitrogen functional groups attached to an aromatic ring is 1. The Morgan fingerprint density at radius 1 is 1.33 bits per heavy atom. The fraction of sp³-hybridized carbons (Fsp3) is 0.273. The molecular formula is C11H12F2N4O. The van der Waals surface area contributed by atoms with E-state index in [1.807, 2.05) is 0 Å². The molecule has 4 N–H and O–H groups in total. The number of fused-ring (bicyclic) bond motifs is 1. The molecule has 0 saturated carbocycles. The van der Waals surface area contributed by atoms with E-state index in [0.29, 0.717) is 16.6 Å². The lowest BCUT2D eigenvalue weighted by Gasteiger charge is -2.15. The van der Waals surface area contributed by atoms with Crippen LogP contribution in [-0.2, 0) is 0 Å². The highest BCUT2D eigenvalue weighted by atomic mass is 19.3. The van der Waals surface area contributed by atoms with Crippen molar-refractivity contribution < 1.29 is 13.9 Å². The third-order valence-corrected chi connectivity index (χ3v) is 2.41. The molecule has 5 nitrogen and oxygen atoms in total. The first-order valence-corrected chi connectivity index (χ1v) is 5.25. The van der Waals surface area contributed by atoms with Gasteiger partial charge in [-0.25, -0.2) is 18.7 Å². The van der Waals surface area contributed by atoms with Crippen LogP contribution in [-0.4, -0.2) is 34.1 Å². The first-order chi connectivity index (χ1) is 8.52. The number of anilines is 2. The molecule has 1 heterocycles. The Morgan fingerprint density at radius 2 is 2.11 bits per heavy atom. The van der Waals surface area contributed by atoms with E-state index >= 15 is 0 Å². The Kier molecular flexibility index (Phi) is 3.24. The lowest BCUT2D eigenvalue weighted by molar-refractivity contribution is -0.0373. The van der Waals surface area contributed by atoms with Crippen LogP contribution >= 0.6 is 0 Å². The molecule has 0 atom stereocenters. The predicted molar refractivity (Wildman–Crippen MR) is 64.5 cm³/mol. The fourth-order valence-electron chi connectivity index (χ4n) is 1.48. The van der Waals surface area contributed by atoms with Crippen molar-refractivity contribution in [1.29, 1.82) is 0 Å². The number of alkyl halides is 2. The molecule has 18 heavy (non-hydrogen) atoms. The Balaban J connectivity index is 2.30. The molecule has 0 unspecified atom stereocenters. The quantitative estimate of drug-likeness (QED) is 0.715. The molecule has 0 bridgehead atoms. The number of aliphatic hydroxyl groups is 1. The number of rotatable bonds is 4. The monoisotopic (exact) mass is 254 g/mol. The summed E-state index contributed by atoms with van der Waals surface area (Å²) in [7, 11) is 0. The maximum absolute atomic E-state index is 12.9. The largest absolute Gasteiger partial charge is 0.399 e. The minimum Gasteiger partial charge on any atom is -0.399 e. The van der Waals surface area contributed by atoms with Crippen LogP contribution in [0.15, 0.2) is 24.5 Å². The molecule has 1 aromatic carbocycles. The Labute approximate surface area is 102 Å². The second-order valence-electron chi connectivity index (χ2n) is 3.87. The van der Waals surface area contributed by atoms with Crippen molar-refractivity contribution in [3.05, 3.63) is 24.5 Å². The number of hydrogen-bond donors (Lipinski definition) is 3. The van der Waals surface area contributed by atoms with Crippen molar-refractivity contribution in [2.75, 3.05) is 24.2 Å². The van der Waals surface area contributed by atoms with E-state index in [2.05, 4.69) is 15.3 Å². The summed E-state index contributed by atoms with van der Waals surface area (Å²) in [5.74, 6) is -2.93. The zero-order chi connectivity index (χ0) is 13.2. The molecule has 96 valence electrons. The average Bonchev–Trinajstić information content (AvgIpc) is 2.36. The first kappa shape index (κ1) is 12.4. The van der Waals surface area contributed by atoms with Gasteiger partial charge in [-0.3, -0.25) is 0 Å². The van der Waals surface area contributed by atoms with E-state index in [1.54, 1.807) is 18.2 Å². The van der Waals surface area contributed by atoms with E-state index < -0.39 is 19.1 Å². The van der Waals surface area contributed by atoms with Crippen molar-refractivity contribution in [3.8, 4) is 0 Å². The molecule has 2 rings (SSSR count). The van der Waals surface area contributed by atoms with Gasteiger partial charge in [0.2, 0.25) is 0 Å². The van der Waals surface area contributed by atoms with Crippen LogP contribution in [0.2, 0.25) is 0 Å². The van der Waals surface area contributed by atoms with Crippen molar-refractivity contribution >= 4 is 22.4 Å². The van der Waals surface area contributed by atoms with E-state index in [0.717, 1.165) is 0 Å². The van der Waals surface area contributed by atoms with Crippen molar-refractivity contribution in [1.82, 2.24) is 9.97 Å². The van der Waals surface area contributed by atoms with Crippen LogP contribution in [0.5, 0.6) is 0 Å². The Bertz CT molecular complexity index is 562. The summed E-state index contributed by atoms with van der Waals surface area (Å²) in [6, 6.07) is 4.96. The maximum Gasteiger partial charge on any atom is 0.287 e. The molecule has 0 aliphatic rings. The van der Waals surface area contributed by atoms with E-state index in [-0.39, 0.29) is 5.82 Å². The number of aromatic nitrogens is 2. The minimum absolute atomic E-state index is 0.264. The summed E-state index contributed by atoms with van der Waals surface area (Å²) < 4.78 is 25.9. The topological polar surface area (TPSA) is 84.1 Å². The Hall–Kier alpha value is -2.02. The molecule has 0 fully saturated rings. The second-order valence-corrected chi connectivity index (χ2v) is 3.87. The molecule has 1 aromatic heterocycles. The third kappa shape index (κ3) is 2.62. The molecule has 0 spiro atoms. The van der Waals surface area contributed by atoms with Crippen molar-refractivity contribution in [2.45, 2.75) is 5.92 Å². The third-order valence-electron chi connectivity index (χ3n) is 2.41. The maximum atomic E-state index is 12.9. The van der Waals surface area contributed by atoms with Gasteiger partial charge in [-0.15, -0.1) is 0 Å².